The number of nitrogens with one attached hydrogen (secondary N) is 2. The molecule has 2 N–H and O–H groups in total. The van der Waals surface area contributed by atoms with Crippen LogP contribution >= 0.6 is 0 Å². The molecule has 0 aromatic heterocycles. The molecule has 8 aromatic rings. The van der Waals surface area contributed by atoms with E-state index >= 15 is 0 Å². The third kappa shape index (κ3) is 5.38. The average molecular weight is 589 g/mol. The predicted octanol–water partition coefficient (Wildman–Crippen LogP) is 12.5. The summed E-state index contributed by atoms with van der Waals surface area (Å²) in [5.41, 5.74) is 11.4. The van der Waals surface area contributed by atoms with Crippen LogP contribution in [0.4, 0.5) is 22.7 Å². The topological polar surface area (TPSA) is 24.1 Å². The van der Waals surface area contributed by atoms with Crippen molar-refractivity contribution in [2.75, 3.05) is 10.6 Å². The summed E-state index contributed by atoms with van der Waals surface area (Å²) in [6.45, 7) is 0. The second kappa shape index (κ2) is 12.1. The Kier molecular flexibility index (Phi) is 7.22. The van der Waals surface area contributed by atoms with Gasteiger partial charge in [-0.1, -0.05) is 146 Å². The highest BCUT2D eigenvalue weighted by atomic mass is 14.9. The molecule has 0 fully saturated rings. The molecule has 0 heterocycles. The van der Waals surface area contributed by atoms with Crippen LogP contribution in [0.3, 0.4) is 0 Å². The SMILES string of the molecule is c1ccc(-c2ccccc2-c2cc(Nc3cccc4ccccc34)ccc2-c2ccc(Nc3cccc4ccccc34)cc2)cc1. The molecule has 0 amide bonds. The zero-order chi connectivity index (χ0) is 30.7. The van der Waals surface area contributed by atoms with Gasteiger partial charge in [-0.15, -0.1) is 0 Å². The van der Waals surface area contributed by atoms with Crippen molar-refractivity contribution in [3.8, 4) is 33.4 Å². The fourth-order valence-corrected chi connectivity index (χ4v) is 6.40. The van der Waals surface area contributed by atoms with Gasteiger partial charge < -0.3 is 10.6 Å². The van der Waals surface area contributed by atoms with Gasteiger partial charge in [-0.2, -0.15) is 0 Å². The molecule has 0 saturated carbocycles. The molecule has 8 rings (SSSR count). The Morgan fingerprint density at radius 3 is 1.43 bits per heavy atom. The highest BCUT2D eigenvalue weighted by Gasteiger charge is 2.14. The number of hydrogen-bond donors (Lipinski definition) is 2. The van der Waals surface area contributed by atoms with E-state index in [1.165, 1.54) is 49.4 Å². The number of fused-ring (bicyclic) bond motifs is 2. The maximum absolute atomic E-state index is 3.74. The normalized spacial score (nSPS) is 11.0. The first-order valence-electron chi connectivity index (χ1n) is 15.7. The zero-order valence-electron chi connectivity index (χ0n) is 25.3. The monoisotopic (exact) mass is 588 g/mol. The van der Waals surface area contributed by atoms with E-state index in [4.69, 9.17) is 0 Å². The van der Waals surface area contributed by atoms with Crippen molar-refractivity contribution in [2.24, 2.45) is 0 Å². The second-order valence-electron chi connectivity index (χ2n) is 11.6. The van der Waals surface area contributed by atoms with Crippen molar-refractivity contribution in [3.63, 3.8) is 0 Å². The fraction of sp³-hybridized carbons (Fsp3) is 0. The van der Waals surface area contributed by atoms with Crippen molar-refractivity contribution in [2.45, 2.75) is 0 Å². The lowest BCUT2D eigenvalue weighted by atomic mass is 9.89. The lowest BCUT2D eigenvalue weighted by Crippen LogP contribution is -1.95. The molecule has 2 nitrogen and oxygen atoms in total. The largest absolute Gasteiger partial charge is 0.355 e. The van der Waals surface area contributed by atoms with Crippen molar-refractivity contribution in [3.05, 3.63) is 182 Å². The molecule has 0 atom stereocenters. The van der Waals surface area contributed by atoms with Gasteiger partial charge in [-0.3, -0.25) is 0 Å². The van der Waals surface area contributed by atoms with Crippen molar-refractivity contribution >= 4 is 44.3 Å². The zero-order valence-corrected chi connectivity index (χ0v) is 25.3. The fourth-order valence-electron chi connectivity index (χ4n) is 6.40. The lowest BCUT2D eigenvalue weighted by Gasteiger charge is -2.18. The minimum Gasteiger partial charge on any atom is -0.355 e. The van der Waals surface area contributed by atoms with Crippen LogP contribution in [0.5, 0.6) is 0 Å². The van der Waals surface area contributed by atoms with Gasteiger partial charge >= 0.3 is 0 Å². The number of benzene rings is 8. The maximum Gasteiger partial charge on any atom is 0.0463 e. The van der Waals surface area contributed by atoms with Gasteiger partial charge in [0, 0.05) is 33.5 Å². The highest BCUT2D eigenvalue weighted by Crippen LogP contribution is 2.41. The molecule has 0 radical (unpaired) electrons. The van der Waals surface area contributed by atoms with Gasteiger partial charge in [0.1, 0.15) is 0 Å². The van der Waals surface area contributed by atoms with Crippen molar-refractivity contribution < 1.29 is 0 Å². The van der Waals surface area contributed by atoms with Gasteiger partial charge in [0.05, 0.1) is 0 Å². The van der Waals surface area contributed by atoms with Crippen LogP contribution in [0.2, 0.25) is 0 Å². The summed E-state index contributed by atoms with van der Waals surface area (Å²) in [5, 5.41) is 12.2. The molecule has 2 heteroatoms. The summed E-state index contributed by atoms with van der Waals surface area (Å²) >= 11 is 0. The van der Waals surface area contributed by atoms with Crippen LogP contribution in [0, 0.1) is 0 Å². The second-order valence-corrected chi connectivity index (χ2v) is 11.6. The summed E-state index contributed by atoms with van der Waals surface area (Å²) in [6.07, 6.45) is 0. The molecule has 0 spiro atoms. The first-order chi connectivity index (χ1) is 22.8. The smallest absolute Gasteiger partial charge is 0.0463 e. The Balaban J connectivity index is 1.21. The van der Waals surface area contributed by atoms with Crippen molar-refractivity contribution in [1.82, 2.24) is 0 Å². The van der Waals surface area contributed by atoms with Gasteiger partial charge in [0.25, 0.3) is 0 Å². The van der Waals surface area contributed by atoms with Gasteiger partial charge in [0.15, 0.2) is 0 Å². The van der Waals surface area contributed by atoms with E-state index in [2.05, 4.69) is 193 Å². The molecule has 218 valence electrons. The minimum atomic E-state index is 1.05. The van der Waals surface area contributed by atoms with Crippen LogP contribution in [0.1, 0.15) is 0 Å². The van der Waals surface area contributed by atoms with Gasteiger partial charge in [-0.25, -0.2) is 0 Å². The minimum absolute atomic E-state index is 1.05. The number of hydrogen-bond acceptors (Lipinski definition) is 2. The summed E-state index contributed by atoms with van der Waals surface area (Å²) < 4.78 is 0. The lowest BCUT2D eigenvalue weighted by molar-refractivity contribution is 1.52. The van der Waals surface area contributed by atoms with E-state index in [1.54, 1.807) is 0 Å². The third-order valence-corrected chi connectivity index (χ3v) is 8.65. The Morgan fingerprint density at radius 2 is 0.761 bits per heavy atom. The first kappa shape index (κ1) is 27.4. The molecular formula is C44H32N2. The third-order valence-electron chi connectivity index (χ3n) is 8.65. The van der Waals surface area contributed by atoms with E-state index in [0.29, 0.717) is 0 Å². The quantitative estimate of drug-likeness (QED) is 0.193. The number of anilines is 4. The average Bonchev–Trinajstić information content (AvgIpc) is 3.13. The summed E-state index contributed by atoms with van der Waals surface area (Å²) in [4.78, 5) is 0. The van der Waals surface area contributed by atoms with Crippen molar-refractivity contribution in [1.29, 1.82) is 0 Å². The summed E-state index contributed by atoms with van der Waals surface area (Å²) in [7, 11) is 0. The maximum atomic E-state index is 3.74. The van der Waals surface area contributed by atoms with Crippen LogP contribution in [0.15, 0.2) is 182 Å². The molecule has 0 aliphatic carbocycles. The molecule has 0 aliphatic heterocycles. The molecular weight excluding hydrogens is 556 g/mol. The van der Waals surface area contributed by atoms with E-state index in [9.17, 15) is 0 Å². The van der Waals surface area contributed by atoms with Gasteiger partial charge in [0.2, 0.25) is 0 Å². The summed E-state index contributed by atoms with van der Waals surface area (Å²) in [5.74, 6) is 0. The van der Waals surface area contributed by atoms with E-state index < -0.39 is 0 Å². The molecule has 0 saturated heterocycles. The Labute approximate surface area is 269 Å². The van der Waals surface area contributed by atoms with E-state index in [1.807, 2.05) is 0 Å². The van der Waals surface area contributed by atoms with Crippen LogP contribution in [-0.4, -0.2) is 0 Å². The predicted molar refractivity (Wildman–Crippen MR) is 197 cm³/mol. The standard InChI is InChI=1S/C44H32N2/c1-2-12-31(13-3-1)37-18-8-9-21-41(37)42-30-36(46-44-23-11-17-33-15-5-7-20-40(33)44)28-29-38(42)34-24-26-35(27-25-34)45-43-22-10-16-32-14-4-6-19-39(32)43/h1-30,45-46H. The highest BCUT2D eigenvalue weighted by molar-refractivity contribution is 5.98. The summed E-state index contributed by atoms with van der Waals surface area (Å²) in [6, 6.07) is 64.7. The van der Waals surface area contributed by atoms with Gasteiger partial charge in [-0.05, 0) is 80.6 Å². The Bertz CT molecular complexity index is 2290. The molecule has 46 heavy (non-hydrogen) atoms. The van der Waals surface area contributed by atoms with E-state index in [0.717, 1.165) is 28.3 Å². The molecule has 0 aliphatic rings. The van der Waals surface area contributed by atoms with Crippen LogP contribution < -0.4 is 10.6 Å². The van der Waals surface area contributed by atoms with Crippen LogP contribution in [0.25, 0.3) is 54.9 Å². The first-order valence-corrected chi connectivity index (χ1v) is 15.7. The van der Waals surface area contributed by atoms with E-state index in [-0.39, 0.29) is 0 Å². The molecule has 8 aromatic carbocycles. The number of rotatable bonds is 7. The molecule has 0 unspecified atom stereocenters. The molecule has 0 bridgehead atoms. The van der Waals surface area contributed by atoms with Crippen LogP contribution in [-0.2, 0) is 0 Å². The Hall–Kier alpha value is -6.12. The Morgan fingerprint density at radius 1 is 0.283 bits per heavy atom.